The number of nitrogens with two attached hydrogens (primary N) is 1. The third kappa shape index (κ3) is 4.33. The monoisotopic (exact) mass is 283 g/mol. The molecule has 1 atom stereocenters. The first-order chi connectivity index (χ1) is 10.1. The molecule has 2 nitrogen and oxygen atoms in total. The Hall–Kier alpha value is -1.80. The van der Waals surface area contributed by atoms with Crippen LogP contribution in [0.4, 0.5) is 0 Å². The molecule has 0 aliphatic carbocycles. The van der Waals surface area contributed by atoms with Crippen molar-refractivity contribution in [3.05, 3.63) is 59.7 Å². The van der Waals surface area contributed by atoms with Crippen molar-refractivity contribution in [1.82, 2.24) is 0 Å². The SMILES string of the molecule is CCC(N)Cc1ccc(Oc2ccccc2C(C)C)cc1. The first-order valence-corrected chi connectivity index (χ1v) is 7.71. The Morgan fingerprint density at radius 1 is 1.00 bits per heavy atom. The van der Waals surface area contributed by atoms with E-state index >= 15 is 0 Å². The van der Waals surface area contributed by atoms with Crippen molar-refractivity contribution in [3.8, 4) is 11.5 Å². The number of hydrogen-bond acceptors (Lipinski definition) is 2. The van der Waals surface area contributed by atoms with E-state index in [4.69, 9.17) is 10.5 Å². The fourth-order valence-electron chi connectivity index (χ4n) is 2.32. The Morgan fingerprint density at radius 2 is 1.67 bits per heavy atom. The summed E-state index contributed by atoms with van der Waals surface area (Å²) in [5.41, 5.74) is 8.48. The molecule has 0 aliphatic heterocycles. The minimum Gasteiger partial charge on any atom is -0.457 e. The second-order valence-electron chi connectivity index (χ2n) is 5.81. The molecule has 0 radical (unpaired) electrons. The maximum absolute atomic E-state index is 6.03. The Labute approximate surface area is 127 Å². The van der Waals surface area contributed by atoms with Crippen LogP contribution in [-0.4, -0.2) is 6.04 Å². The van der Waals surface area contributed by atoms with E-state index < -0.39 is 0 Å². The summed E-state index contributed by atoms with van der Waals surface area (Å²) in [4.78, 5) is 0. The number of para-hydroxylation sites is 1. The van der Waals surface area contributed by atoms with E-state index in [1.807, 2.05) is 24.3 Å². The predicted molar refractivity (Wildman–Crippen MR) is 89.0 cm³/mol. The van der Waals surface area contributed by atoms with Gasteiger partial charge in [0, 0.05) is 6.04 Å². The van der Waals surface area contributed by atoms with Gasteiger partial charge in [0.2, 0.25) is 0 Å². The molecule has 0 bridgehead atoms. The van der Waals surface area contributed by atoms with Crippen LogP contribution in [0.5, 0.6) is 11.5 Å². The van der Waals surface area contributed by atoms with Crippen LogP contribution in [0.15, 0.2) is 48.5 Å². The van der Waals surface area contributed by atoms with Gasteiger partial charge in [-0.3, -0.25) is 0 Å². The van der Waals surface area contributed by atoms with Crippen molar-refractivity contribution in [2.24, 2.45) is 5.73 Å². The maximum atomic E-state index is 6.03. The average molecular weight is 283 g/mol. The van der Waals surface area contributed by atoms with Crippen LogP contribution in [0.2, 0.25) is 0 Å². The summed E-state index contributed by atoms with van der Waals surface area (Å²) in [6.07, 6.45) is 1.92. The van der Waals surface area contributed by atoms with E-state index in [1.54, 1.807) is 0 Å². The van der Waals surface area contributed by atoms with E-state index in [2.05, 4.69) is 45.0 Å². The lowest BCUT2D eigenvalue weighted by Crippen LogP contribution is -2.21. The van der Waals surface area contributed by atoms with Crippen LogP contribution in [0.25, 0.3) is 0 Å². The van der Waals surface area contributed by atoms with Gasteiger partial charge in [-0.25, -0.2) is 0 Å². The van der Waals surface area contributed by atoms with Crippen LogP contribution in [0.1, 0.15) is 44.2 Å². The Balaban J connectivity index is 2.10. The van der Waals surface area contributed by atoms with Crippen molar-refractivity contribution in [2.45, 2.75) is 45.6 Å². The molecule has 0 saturated carbocycles. The van der Waals surface area contributed by atoms with E-state index in [-0.39, 0.29) is 6.04 Å². The minimum absolute atomic E-state index is 0.235. The van der Waals surface area contributed by atoms with Gasteiger partial charge >= 0.3 is 0 Å². The van der Waals surface area contributed by atoms with Crippen molar-refractivity contribution in [3.63, 3.8) is 0 Å². The third-order valence-electron chi connectivity index (χ3n) is 3.71. The van der Waals surface area contributed by atoms with Gasteiger partial charge in [0.1, 0.15) is 11.5 Å². The van der Waals surface area contributed by atoms with Crippen LogP contribution in [0, 0.1) is 0 Å². The fraction of sp³-hybridized carbons (Fsp3) is 0.368. The molecule has 2 rings (SSSR count). The van der Waals surface area contributed by atoms with Crippen molar-refractivity contribution >= 4 is 0 Å². The first kappa shape index (κ1) is 15.6. The third-order valence-corrected chi connectivity index (χ3v) is 3.71. The summed E-state index contributed by atoms with van der Waals surface area (Å²) in [5, 5.41) is 0. The zero-order valence-electron chi connectivity index (χ0n) is 13.2. The molecule has 0 heterocycles. The predicted octanol–water partition coefficient (Wildman–Crippen LogP) is 4.88. The Morgan fingerprint density at radius 3 is 2.29 bits per heavy atom. The number of ether oxygens (including phenoxy) is 1. The lowest BCUT2D eigenvalue weighted by Gasteiger charge is -2.14. The van der Waals surface area contributed by atoms with E-state index in [0.717, 1.165) is 24.3 Å². The Kier molecular flexibility index (Phi) is 5.40. The van der Waals surface area contributed by atoms with Crippen LogP contribution >= 0.6 is 0 Å². The summed E-state index contributed by atoms with van der Waals surface area (Å²) in [7, 11) is 0. The maximum Gasteiger partial charge on any atom is 0.130 e. The molecular formula is C19H25NO. The van der Waals surface area contributed by atoms with Gasteiger partial charge in [-0.15, -0.1) is 0 Å². The molecule has 2 aromatic rings. The number of benzene rings is 2. The van der Waals surface area contributed by atoms with Gasteiger partial charge in [0.05, 0.1) is 0 Å². The van der Waals surface area contributed by atoms with E-state index in [0.29, 0.717) is 5.92 Å². The van der Waals surface area contributed by atoms with Gasteiger partial charge in [0.15, 0.2) is 0 Å². The highest BCUT2D eigenvalue weighted by molar-refractivity contribution is 5.40. The highest BCUT2D eigenvalue weighted by atomic mass is 16.5. The van der Waals surface area contributed by atoms with Crippen LogP contribution in [0.3, 0.4) is 0 Å². The van der Waals surface area contributed by atoms with Crippen molar-refractivity contribution < 1.29 is 4.74 Å². The summed E-state index contributed by atoms with van der Waals surface area (Å²) in [6.45, 7) is 6.47. The van der Waals surface area contributed by atoms with Crippen LogP contribution in [-0.2, 0) is 6.42 Å². The van der Waals surface area contributed by atoms with E-state index in [9.17, 15) is 0 Å². The lowest BCUT2D eigenvalue weighted by atomic mass is 10.0. The highest BCUT2D eigenvalue weighted by Crippen LogP contribution is 2.30. The molecule has 0 fully saturated rings. The molecule has 112 valence electrons. The van der Waals surface area contributed by atoms with Gasteiger partial charge in [-0.1, -0.05) is 51.1 Å². The molecule has 0 aromatic heterocycles. The molecule has 2 aromatic carbocycles. The molecule has 2 heteroatoms. The zero-order chi connectivity index (χ0) is 15.2. The molecular weight excluding hydrogens is 258 g/mol. The van der Waals surface area contributed by atoms with Gasteiger partial charge < -0.3 is 10.5 Å². The zero-order valence-corrected chi connectivity index (χ0v) is 13.2. The lowest BCUT2D eigenvalue weighted by molar-refractivity contribution is 0.473. The molecule has 1 unspecified atom stereocenters. The largest absolute Gasteiger partial charge is 0.457 e. The topological polar surface area (TPSA) is 35.2 Å². The van der Waals surface area contributed by atoms with Gasteiger partial charge in [-0.2, -0.15) is 0 Å². The van der Waals surface area contributed by atoms with Gasteiger partial charge in [0.25, 0.3) is 0 Å². The van der Waals surface area contributed by atoms with E-state index in [1.165, 1.54) is 11.1 Å². The number of rotatable bonds is 6. The Bertz CT molecular complexity index is 560. The summed E-state index contributed by atoms with van der Waals surface area (Å²) >= 11 is 0. The van der Waals surface area contributed by atoms with Crippen molar-refractivity contribution in [2.75, 3.05) is 0 Å². The molecule has 0 aliphatic rings. The normalized spacial score (nSPS) is 12.4. The highest BCUT2D eigenvalue weighted by Gasteiger charge is 2.08. The standard InChI is InChI=1S/C19H25NO/c1-4-16(20)13-15-9-11-17(12-10-15)21-19-8-6-5-7-18(19)14(2)3/h5-12,14,16H,4,13,20H2,1-3H3. The average Bonchev–Trinajstić information content (AvgIpc) is 2.49. The molecule has 0 amide bonds. The second kappa shape index (κ2) is 7.28. The quantitative estimate of drug-likeness (QED) is 0.819. The fourth-order valence-corrected chi connectivity index (χ4v) is 2.32. The van der Waals surface area contributed by atoms with Crippen molar-refractivity contribution in [1.29, 1.82) is 0 Å². The first-order valence-electron chi connectivity index (χ1n) is 7.71. The molecule has 2 N–H and O–H groups in total. The summed E-state index contributed by atoms with van der Waals surface area (Å²) < 4.78 is 6.03. The summed E-state index contributed by atoms with van der Waals surface area (Å²) in [5.74, 6) is 2.26. The smallest absolute Gasteiger partial charge is 0.130 e. The number of hydrogen-bond donors (Lipinski definition) is 1. The molecule has 0 saturated heterocycles. The summed E-state index contributed by atoms with van der Waals surface area (Å²) in [6, 6.07) is 16.7. The molecule has 21 heavy (non-hydrogen) atoms. The second-order valence-corrected chi connectivity index (χ2v) is 5.81. The van der Waals surface area contributed by atoms with Gasteiger partial charge in [-0.05, 0) is 48.1 Å². The van der Waals surface area contributed by atoms with Crippen LogP contribution < -0.4 is 10.5 Å². The molecule has 0 spiro atoms. The minimum atomic E-state index is 0.235.